The largest absolute Gasteiger partial charge is 0.497 e. The number of aryl methyl sites for hydroxylation is 1. The Morgan fingerprint density at radius 3 is 2.27 bits per heavy atom. The number of methoxy groups -OCH3 is 1. The Balaban J connectivity index is 1.34. The van der Waals surface area contributed by atoms with E-state index in [-0.39, 0.29) is 41.8 Å². The van der Waals surface area contributed by atoms with Crippen LogP contribution >= 0.6 is 0 Å². The van der Waals surface area contributed by atoms with Gasteiger partial charge in [0.25, 0.3) is 0 Å². The standard InChI is InChI=1S/C34H41N3O6S/c1-42-29-16-9-27(10-17-29)24-37(32(22-26-6-3-2-4-7-26)34(39)35-23-30-8-5-21-43-30)33(38)20-13-25-11-18-31(19-12-25)44(40,41)36-28-14-15-28/h2-4,6-7,9-12,16-19,28,30,32,36H,5,8,13-15,20-24H2,1H3,(H,35,39)/t30-,32+/m1/s1. The highest BCUT2D eigenvalue weighted by Crippen LogP contribution is 2.23. The zero-order valence-electron chi connectivity index (χ0n) is 25.1. The number of rotatable bonds is 15. The van der Waals surface area contributed by atoms with E-state index in [4.69, 9.17) is 9.47 Å². The average Bonchev–Trinajstić information content (AvgIpc) is 3.69. The van der Waals surface area contributed by atoms with E-state index in [1.165, 1.54) is 0 Å². The number of ether oxygens (including phenoxy) is 2. The van der Waals surface area contributed by atoms with Crippen molar-refractivity contribution in [2.75, 3.05) is 20.3 Å². The zero-order chi connectivity index (χ0) is 30.9. The summed E-state index contributed by atoms with van der Waals surface area (Å²) in [5, 5.41) is 3.06. The fourth-order valence-corrected chi connectivity index (χ4v) is 6.64. The van der Waals surface area contributed by atoms with Crippen LogP contribution in [-0.4, -0.2) is 63.6 Å². The van der Waals surface area contributed by atoms with Crippen LogP contribution in [0.15, 0.2) is 83.8 Å². The van der Waals surface area contributed by atoms with Crippen LogP contribution < -0.4 is 14.8 Å². The molecular weight excluding hydrogens is 578 g/mol. The predicted octanol–water partition coefficient (Wildman–Crippen LogP) is 4.00. The van der Waals surface area contributed by atoms with Crippen LogP contribution in [0.1, 0.15) is 48.8 Å². The van der Waals surface area contributed by atoms with Crippen LogP contribution in [0, 0.1) is 0 Å². The summed E-state index contributed by atoms with van der Waals surface area (Å²) in [6.45, 7) is 1.34. The highest BCUT2D eigenvalue weighted by atomic mass is 32.2. The summed E-state index contributed by atoms with van der Waals surface area (Å²) in [6, 6.07) is 23.1. The Kier molecular flexibility index (Phi) is 10.7. The Hall–Kier alpha value is -3.73. The Labute approximate surface area is 260 Å². The van der Waals surface area contributed by atoms with Gasteiger partial charge in [0.1, 0.15) is 11.8 Å². The number of carbonyl (C=O) groups is 2. The minimum absolute atomic E-state index is 0.0201. The first-order valence-electron chi connectivity index (χ1n) is 15.3. The normalized spacial score (nSPS) is 17.2. The highest BCUT2D eigenvalue weighted by Gasteiger charge is 2.31. The van der Waals surface area contributed by atoms with Crippen molar-refractivity contribution in [1.82, 2.24) is 14.9 Å². The van der Waals surface area contributed by atoms with E-state index in [9.17, 15) is 18.0 Å². The van der Waals surface area contributed by atoms with E-state index < -0.39 is 16.1 Å². The summed E-state index contributed by atoms with van der Waals surface area (Å²) in [4.78, 5) is 29.6. The molecule has 10 heteroatoms. The van der Waals surface area contributed by atoms with Gasteiger partial charge in [-0.1, -0.05) is 54.6 Å². The van der Waals surface area contributed by atoms with Gasteiger partial charge in [-0.2, -0.15) is 0 Å². The molecule has 5 rings (SSSR count). The molecule has 0 spiro atoms. The quantitative estimate of drug-likeness (QED) is 0.266. The van der Waals surface area contributed by atoms with Crippen molar-refractivity contribution in [1.29, 1.82) is 0 Å². The molecule has 0 unspecified atom stereocenters. The lowest BCUT2D eigenvalue weighted by molar-refractivity contribution is -0.141. The molecule has 1 heterocycles. The molecule has 2 atom stereocenters. The van der Waals surface area contributed by atoms with Gasteiger partial charge in [0.2, 0.25) is 21.8 Å². The lowest BCUT2D eigenvalue weighted by atomic mass is 10.0. The van der Waals surface area contributed by atoms with Gasteiger partial charge in [0.05, 0.1) is 18.1 Å². The molecule has 234 valence electrons. The van der Waals surface area contributed by atoms with Crippen molar-refractivity contribution in [3.05, 3.63) is 95.6 Å². The second-order valence-corrected chi connectivity index (χ2v) is 13.2. The molecule has 1 saturated heterocycles. The van der Waals surface area contributed by atoms with E-state index in [0.717, 1.165) is 42.4 Å². The third-order valence-electron chi connectivity index (χ3n) is 8.07. The maximum absolute atomic E-state index is 14.0. The molecule has 1 aliphatic carbocycles. The number of hydrogen-bond acceptors (Lipinski definition) is 6. The molecule has 2 amide bonds. The van der Waals surface area contributed by atoms with Crippen LogP contribution in [0.2, 0.25) is 0 Å². The molecule has 1 saturated carbocycles. The van der Waals surface area contributed by atoms with E-state index in [2.05, 4.69) is 10.0 Å². The summed E-state index contributed by atoms with van der Waals surface area (Å²) in [5.41, 5.74) is 2.67. The van der Waals surface area contributed by atoms with Crippen molar-refractivity contribution in [2.45, 2.75) is 74.6 Å². The van der Waals surface area contributed by atoms with Crippen molar-refractivity contribution >= 4 is 21.8 Å². The van der Waals surface area contributed by atoms with Crippen molar-refractivity contribution in [3.8, 4) is 5.75 Å². The summed E-state index contributed by atoms with van der Waals surface area (Å²) in [6.07, 6.45) is 4.51. The highest BCUT2D eigenvalue weighted by molar-refractivity contribution is 7.89. The van der Waals surface area contributed by atoms with E-state index in [1.807, 2.05) is 54.6 Å². The molecule has 3 aromatic carbocycles. The van der Waals surface area contributed by atoms with E-state index in [0.29, 0.717) is 31.7 Å². The SMILES string of the molecule is COc1ccc(CN(C(=O)CCc2ccc(S(=O)(=O)NC3CC3)cc2)[C@@H](Cc2ccccc2)C(=O)NC[C@H]2CCCO2)cc1. The van der Waals surface area contributed by atoms with Crippen molar-refractivity contribution in [3.63, 3.8) is 0 Å². The molecular formula is C34H41N3O6S. The first-order valence-corrected chi connectivity index (χ1v) is 16.8. The molecule has 44 heavy (non-hydrogen) atoms. The monoisotopic (exact) mass is 619 g/mol. The average molecular weight is 620 g/mol. The van der Waals surface area contributed by atoms with Crippen LogP contribution in [0.25, 0.3) is 0 Å². The van der Waals surface area contributed by atoms with Gasteiger partial charge in [-0.25, -0.2) is 13.1 Å². The molecule has 3 aromatic rings. The molecule has 0 radical (unpaired) electrons. The summed E-state index contributed by atoms with van der Waals surface area (Å²) >= 11 is 0. The maximum Gasteiger partial charge on any atom is 0.243 e. The second-order valence-electron chi connectivity index (χ2n) is 11.5. The minimum Gasteiger partial charge on any atom is -0.497 e. The van der Waals surface area contributed by atoms with Crippen molar-refractivity contribution in [2.24, 2.45) is 0 Å². The van der Waals surface area contributed by atoms with E-state index >= 15 is 0 Å². The number of nitrogens with zero attached hydrogens (tertiary/aromatic N) is 1. The third-order valence-corrected chi connectivity index (χ3v) is 9.61. The smallest absolute Gasteiger partial charge is 0.243 e. The van der Waals surface area contributed by atoms with Gasteiger partial charge in [0.15, 0.2) is 0 Å². The number of nitrogens with one attached hydrogen (secondary N) is 2. The number of carbonyl (C=O) groups excluding carboxylic acids is 2. The van der Waals surface area contributed by atoms with Gasteiger partial charge in [0, 0.05) is 38.6 Å². The first-order chi connectivity index (χ1) is 21.3. The molecule has 2 fully saturated rings. The number of hydrogen-bond donors (Lipinski definition) is 2. The minimum atomic E-state index is -3.55. The van der Waals surface area contributed by atoms with Crippen LogP contribution in [0.5, 0.6) is 5.75 Å². The van der Waals surface area contributed by atoms with Crippen LogP contribution in [0.4, 0.5) is 0 Å². The summed E-state index contributed by atoms with van der Waals surface area (Å²) < 4.78 is 38.8. The zero-order valence-corrected chi connectivity index (χ0v) is 25.9. The molecule has 1 aliphatic heterocycles. The first kappa shape index (κ1) is 31.7. The Bertz CT molecular complexity index is 1490. The number of amides is 2. The van der Waals surface area contributed by atoms with Gasteiger partial charge >= 0.3 is 0 Å². The fraction of sp³-hybridized carbons (Fsp3) is 0.412. The number of benzene rings is 3. The van der Waals surface area contributed by atoms with Crippen LogP contribution in [-0.2, 0) is 43.7 Å². The molecule has 9 nitrogen and oxygen atoms in total. The molecule has 2 N–H and O–H groups in total. The van der Waals surface area contributed by atoms with Gasteiger partial charge in [-0.15, -0.1) is 0 Å². The number of sulfonamides is 1. The summed E-state index contributed by atoms with van der Waals surface area (Å²) in [5.74, 6) is 0.324. The fourth-order valence-electron chi connectivity index (χ4n) is 5.34. The topological polar surface area (TPSA) is 114 Å². The third kappa shape index (κ3) is 8.90. The van der Waals surface area contributed by atoms with Crippen molar-refractivity contribution < 1.29 is 27.5 Å². The Morgan fingerprint density at radius 2 is 1.64 bits per heavy atom. The molecule has 2 aliphatic rings. The maximum atomic E-state index is 14.0. The van der Waals surface area contributed by atoms with Gasteiger partial charge < -0.3 is 19.7 Å². The molecule has 0 bridgehead atoms. The van der Waals surface area contributed by atoms with Gasteiger partial charge in [-0.3, -0.25) is 9.59 Å². The second kappa shape index (κ2) is 14.8. The Morgan fingerprint density at radius 1 is 0.932 bits per heavy atom. The van der Waals surface area contributed by atoms with Gasteiger partial charge in [-0.05, 0) is 73.1 Å². The van der Waals surface area contributed by atoms with E-state index in [1.54, 1.807) is 36.3 Å². The predicted molar refractivity (Wildman–Crippen MR) is 168 cm³/mol. The summed E-state index contributed by atoms with van der Waals surface area (Å²) in [7, 11) is -1.95. The lowest BCUT2D eigenvalue weighted by Gasteiger charge is -2.32. The van der Waals surface area contributed by atoms with Crippen LogP contribution in [0.3, 0.4) is 0 Å². The molecule has 0 aromatic heterocycles. The lowest BCUT2D eigenvalue weighted by Crippen LogP contribution is -2.51.